The predicted molar refractivity (Wildman–Crippen MR) is 61.4 cm³/mol. The van der Waals surface area contributed by atoms with Gasteiger partial charge < -0.3 is 5.73 Å². The molecule has 2 aromatic rings. The Balaban J connectivity index is 2.59. The van der Waals surface area contributed by atoms with Gasteiger partial charge in [-0.15, -0.1) is 11.3 Å². The molecule has 1 aromatic carbocycles. The summed E-state index contributed by atoms with van der Waals surface area (Å²) in [6.07, 6.45) is 0. The van der Waals surface area contributed by atoms with E-state index in [0.29, 0.717) is 5.00 Å². The van der Waals surface area contributed by atoms with Crippen molar-refractivity contribution >= 4 is 16.3 Å². The van der Waals surface area contributed by atoms with Crippen molar-refractivity contribution < 1.29 is 4.39 Å². The lowest BCUT2D eigenvalue weighted by atomic mass is 10.1. The molecule has 0 amide bonds. The van der Waals surface area contributed by atoms with Crippen LogP contribution < -0.4 is 5.73 Å². The van der Waals surface area contributed by atoms with E-state index in [-0.39, 0.29) is 5.82 Å². The SMILES string of the molecule is Cc1nc(-c2ccc(F)cc2C)c(N)s1. The largest absolute Gasteiger partial charge is 0.389 e. The zero-order valence-corrected chi connectivity index (χ0v) is 9.36. The molecule has 1 aromatic heterocycles. The molecular weight excluding hydrogens is 211 g/mol. The molecule has 0 radical (unpaired) electrons. The van der Waals surface area contributed by atoms with Crippen molar-refractivity contribution in [2.24, 2.45) is 0 Å². The predicted octanol–water partition coefficient (Wildman–Crippen LogP) is 3.15. The maximum Gasteiger partial charge on any atom is 0.123 e. The second-order valence-electron chi connectivity index (χ2n) is 3.40. The molecule has 1 heterocycles. The number of aromatic nitrogens is 1. The summed E-state index contributed by atoms with van der Waals surface area (Å²) < 4.78 is 12.9. The Morgan fingerprint density at radius 2 is 2.07 bits per heavy atom. The lowest BCUT2D eigenvalue weighted by molar-refractivity contribution is 0.627. The van der Waals surface area contributed by atoms with Gasteiger partial charge in [-0.2, -0.15) is 0 Å². The fourth-order valence-corrected chi connectivity index (χ4v) is 2.24. The van der Waals surface area contributed by atoms with Crippen LogP contribution in [-0.4, -0.2) is 4.98 Å². The minimum Gasteiger partial charge on any atom is -0.389 e. The average molecular weight is 222 g/mol. The van der Waals surface area contributed by atoms with E-state index in [0.717, 1.165) is 21.8 Å². The van der Waals surface area contributed by atoms with E-state index in [1.165, 1.54) is 23.5 Å². The summed E-state index contributed by atoms with van der Waals surface area (Å²) in [5.41, 5.74) is 8.36. The second-order valence-corrected chi connectivity index (χ2v) is 4.64. The van der Waals surface area contributed by atoms with Crippen molar-refractivity contribution in [1.82, 2.24) is 4.98 Å². The van der Waals surface area contributed by atoms with Crippen LogP contribution in [0.2, 0.25) is 0 Å². The molecule has 0 aliphatic carbocycles. The highest BCUT2D eigenvalue weighted by Gasteiger charge is 2.10. The number of nitrogens with zero attached hydrogens (tertiary/aromatic N) is 1. The highest BCUT2D eigenvalue weighted by atomic mass is 32.1. The summed E-state index contributed by atoms with van der Waals surface area (Å²) in [7, 11) is 0. The highest BCUT2D eigenvalue weighted by molar-refractivity contribution is 7.16. The third kappa shape index (κ3) is 1.85. The van der Waals surface area contributed by atoms with Gasteiger partial charge in [-0.05, 0) is 37.6 Å². The molecule has 2 rings (SSSR count). The van der Waals surface area contributed by atoms with Gasteiger partial charge in [0.25, 0.3) is 0 Å². The molecular formula is C11H11FN2S. The van der Waals surface area contributed by atoms with Crippen molar-refractivity contribution in [3.8, 4) is 11.3 Å². The molecule has 4 heteroatoms. The summed E-state index contributed by atoms with van der Waals surface area (Å²) in [5, 5.41) is 1.61. The van der Waals surface area contributed by atoms with Gasteiger partial charge in [-0.3, -0.25) is 0 Å². The van der Waals surface area contributed by atoms with E-state index in [1.54, 1.807) is 6.07 Å². The van der Waals surface area contributed by atoms with E-state index in [4.69, 9.17) is 5.73 Å². The smallest absolute Gasteiger partial charge is 0.123 e. The highest BCUT2D eigenvalue weighted by Crippen LogP contribution is 2.32. The average Bonchev–Trinajstić information content (AvgIpc) is 2.45. The van der Waals surface area contributed by atoms with Crippen LogP contribution in [0.1, 0.15) is 10.6 Å². The maximum atomic E-state index is 12.9. The minimum atomic E-state index is -0.234. The summed E-state index contributed by atoms with van der Waals surface area (Å²) in [5.74, 6) is -0.234. The molecule has 0 bridgehead atoms. The molecule has 15 heavy (non-hydrogen) atoms. The first-order valence-electron chi connectivity index (χ1n) is 4.57. The Morgan fingerprint density at radius 1 is 1.33 bits per heavy atom. The minimum absolute atomic E-state index is 0.234. The van der Waals surface area contributed by atoms with Crippen molar-refractivity contribution in [3.63, 3.8) is 0 Å². The molecule has 0 aliphatic rings. The zero-order chi connectivity index (χ0) is 11.0. The van der Waals surface area contributed by atoms with Gasteiger partial charge in [0.05, 0.1) is 5.01 Å². The number of benzene rings is 1. The van der Waals surface area contributed by atoms with Crippen LogP contribution in [0.3, 0.4) is 0 Å². The lowest BCUT2D eigenvalue weighted by Crippen LogP contribution is -1.89. The molecule has 0 spiro atoms. The molecule has 0 saturated heterocycles. The van der Waals surface area contributed by atoms with E-state index in [1.807, 2.05) is 13.8 Å². The van der Waals surface area contributed by atoms with E-state index >= 15 is 0 Å². The van der Waals surface area contributed by atoms with Gasteiger partial charge in [0.2, 0.25) is 0 Å². The number of anilines is 1. The Kier molecular flexibility index (Phi) is 2.44. The molecule has 78 valence electrons. The van der Waals surface area contributed by atoms with Crippen LogP contribution in [0, 0.1) is 19.7 Å². The maximum absolute atomic E-state index is 12.9. The lowest BCUT2D eigenvalue weighted by Gasteiger charge is -2.03. The Bertz CT molecular complexity index is 505. The van der Waals surface area contributed by atoms with Crippen LogP contribution in [0.5, 0.6) is 0 Å². The first kappa shape index (κ1) is 10.1. The normalized spacial score (nSPS) is 10.6. The van der Waals surface area contributed by atoms with Crippen LogP contribution in [-0.2, 0) is 0 Å². The third-order valence-corrected chi connectivity index (χ3v) is 3.00. The number of nitrogen functional groups attached to an aromatic ring is 1. The summed E-state index contributed by atoms with van der Waals surface area (Å²) in [4.78, 5) is 4.34. The van der Waals surface area contributed by atoms with Gasteiger partial charge in [0.1, 0.15) is 16.5 Å². The Morgan fingerprint density at radius 3 is 2.60 bits per heavy atom. The first-order chi connectivity index (χ1) is 7.08. The zero-order valence-electron chi connectivity index (χ0n) is 8.54. The molecule has 0 saturated carbocycles. The van der Waals surface area contributed by atoms with Gasteiger partial charge in [0, 0.05) is 5.56 Å². The molecule has 2 N–H and O–H groups in total. The van der Waals surface area contributed by atoms with Crippen LogP contribution in [0.4, 0.5) is 9.39 Å². The van der Waals surface area contributed by atoms with Crippen molar-refractivity contribution in [3.05, 3.63) is 34.6 Å². The number of rotatable bonds is 1. The Labute approximate surface area is 91.6 Å². The fourth-order valence-electron chi connectivity index (χ4n) is 1.53. The molecule has 0 unspecified atom stereocenters. The molecule has 0 fully saturated rings. The van der Waals surface area contributed by atoms with Gasteiger partial charge in [-0.1, -0.05) is 0 Å². The van der Waals surface area contributed by atoms with Crippen LogP contribution in [0.25, 0.3) is 11.3 Å². The molecule has 0 aliphatic heterocycles. The Hall–Kier alpha value is -1.42. The number of nitrogens with two attached hydrogens (primary N) is 1. The monoisotopic (exact) mass is 222 g/mol. The van der Waals surface area contributed by atoms with Crippen molar-refractivity contribution in [1.29, 1.82) is 0 Å². The topological polar surface area (TPSA) is 38.9 Å². The van der Waals surface area contributed by atoms with Crippen molar-refractivity contribution in [2.75, 3.05) is 5.73 Å². The number of thiazole rings is 1. The summed E-state index contributed by atoms with van der Waals surface area (Å²) in [6.45, 7) is 3.76. The fraction of sp³-hybridized carbons (Fsp3) is 0.182. The number of hydrogen-bond donors (Lipinski definition) is 1. The number of aryl methyl sites for hydroxylation is 2. The second kappa shape index (κ2) is 3.62. The number of halogens is 1. The van der Waals surface area contributed by atoms with E-state index in [9.17, 15) is 4.39 Å². The van der Waals surface area contributed by atoms with Gasteiger partial charge in [-0.25, -0.2) is 9.37 Å². The van der Waals surface area contributed by atoms with Crippen LogP contribution >= 0.6 is 11.3 Å². The first-order valence-corrected chi connectivity index (χ1v) is 5.39. The summed E-state index contributed by atoms with van der Waals surface area (Å²) in [6, 6.07) is 4.63. The summed E-state index contributed by atoms with van der Waals surface area (Å²) >= 11 is 1.45. The van der Waals surface area contributed by atoms with Gasteiger partial charge in [0.15, 0.2) is 0 Å². The van der Waals surface area contributed by atoms with Crippen LogP contribution in [0.15, 0.2) is 18.2 Å². The third-order valence-electron chi connectivity index (χ3n) is 2.20. The van der Waals surface area contributed by atoms with Gasteiger partial charge >= 0.3 is 0 Å². The van der Waals surface area contributed by atoms with Crippen molar-refractivity contribution in [2.45, 2.75) is 13.8 Å². The quantitative estimate of drug-likeness (QED) is 0.805. The number of hydrogen-bond acceptors (Lipinski definition) is 3. The molecule has 2 nitrogen and oxygen atoms in total. The van der Waals surface area contributed by atoms with E-state index in [2.05, 4.69) is 4.98 Å². The standard InChI is InChI=1S/C11H11FN2S/c1-6-5-8(12)3-4-9(6)10-11(13)15-7(2)14-10/h3-5H,13H2,1-2H3. The van der Waals surface area contributed by atoms with E-state index < -0.39 is 0 Å². The molecule has 0 atom stereocenters.